The number of hydrogen-bond acceptors (Lipinski definition) is 2. The summed E-state index contributed by atoms with van der Waals surface area (Å²) in [4.78, 5) is 27.2. The van der Waals surface area contributed by atoms with Crippen molar-refractivity contribution < 1.29 is 14.0 Å². The molecule has 1 aromatic heterocycles. The summed E-state index contributed by atoms with van der Waals surface area (Å²) in [6.45, 7) is 0. The number of nitrogens with one attached hydrogen (secondary N) is 2. The summed E-state index contributed by atoms with van der Waals surface area (Å²) in [5, 5.41) is 3.48. The zero-order valence-corrected chi connectivity index (χ0v) is 11.3. The summed E-state index contributed by atoms with van der Waals surface area (Å²) < 4.78 is 13.4. The summed E-state index contributed by atoms with van der Waals surface area (Å²) in [6, 6.07) is 1.52. The first kappa shape index (κ1) is 12.9. The van der Waals surface area contributed by atoms with Crippen LogP contribution >= 0.6 is 11.6 Å². The van der Waals surface area contributed by atoms with Crippen LogP contribution in [0.25, 0.3) is 10.9 Å². The number of aromatic amines is 1. The Hall–Kier alpha value is -2.08. The van der Waals surface area contributed by atoms with Crippen molar-refractivity contribution in [2.24, 2.45) is 0 Å². The van der Waals surface area contributed by atoms with Crippen molar-refractivity contribution in [2.75, 3.05) is 7.05 Å². The van der Waals surface area contributed by atoms with Crippen LogP contribution in [-0.2, 0) is 11.2 Å². The first-order valence-electron chi connectivity index (χ1n) is 6.00. The number of nitrogens with zero attached hydrogens (tertiary/aromatic N) is 1. The predicted molar refractivity (Wildman–Crippen MR) is 72.1 cm³/mol. The molecule has 1 atom stereocenters. The molecule has 104 valence electrons. The molecule has 0 spiro atoms. The van der Waals surface area contributed by atoms with Gasteiger partial charge in [0.2, 0.25) is 0 Å². The van der Waals surface area contributed by atoms with Crippen LogP contribution in [0.5, 0.6) is 0 Å². The average Bonchev–Trinajstić information content (AvgIpc) is 2.88. The third-order valence-corrected chi connectivity index (χ3v) is 3.74. The Morgan fingerprint density at radius 1 is 1.40 bits per heavy atom. The average molecular weight is 296 g/mol. The molecule has 2 heterocycles. The largest absolute Gasteiger partial charge is 0.360 e. The van der Waals surface area contributed by atoms with Crippen molar-refractivity contribution in [3.05, 3.63) is 34.7 Å². The summed E-state index contributed by atoms with van der Waals surface area (Å²) >= 11 is 5.95. The second-order valence-corrected chi connectivity index (χ2v) is 5.13. The molecule has 1 aliphatic rings. The predicted octanol–water partition coefficient (Wildman–Crippen LogP) is 2.05. The lowest BCUT2D eigenvalue weighted by Gasteiger charge is -2.07. The third-order valence-electron chi connectivity index (χ3n) is 3.45. The highest BCUT2D eigenvalue weighted by atomic mass is 35.5. The van der Waals surface area contributed by atoms with E-state index in [0.29, 0.717) is 10.9 Å². The SMILES string of the molecule is CN1C(=O)N[C@H](Cc2c[nH]c3c(Cl)cc(F)cc23)C1=O. The first-order valence-corrected chi connectivity index (χ1v) is 6.38. The van der Waals surface area contributed by atoms with E-state index >= 15 is 0 Å². The third kappa shape index (κ3) is 1.92. The number of imide groups is 1. The Kier molecular flexibility index (Phi) is 2.90. The van der Waals surface area contributed by atoms with Crippen LogP contribution in [0.15, 0.2) is 18.3 Å². The number of urea groups is 1. The van der Waals surface area contributed by atoms with Crippen molar-refractivity contribution in [1.82, 2.24) is 15.2 Å². The molecule has 20 heavy (non-hydrogen) atoms. The summed E-state index contributed by atoms with van der Waals surface area (Å²) in [6.07, 6.45) is 1.96. The van der Waals surface area contributed by atoms with Crippen LogP contribution in [0, 0.1) is 5.82 Å². The lowest BCUT2D eigenvalue weighted by molar-refractivity contribution is -0.126. The van der Waals surface area contributed by atoms with Crippen LogP contribution in [0.4, 0.5) is 9.18 Å². The van der Waals surface area contributed by atoms with E-state index in [4.69, 9.17) is 11.6 Å². The van der Waals surface area contributed by atoms with E-state index in [1.165, 1.54) is 19.2 Å². The molecule has 1 aliphatic heterocycles. The normalized spacial score (nSPS) is 18.9. The Morgan fingerprint density at radius 3 is 2.80 bits per heavy atom. The molecule has 5 nitrogen and oxygen atoms in total. The van der Waals surface area contributed by atoms with Crippen molar-refractivity contribution >= 4 is 34.4 Å². The van der Waals surface area contributed by atoms with Crippen molar-refractivity contribution in [3.8, 4) is 0 Å². The fraction of sp³-hybridized carbons (Fsp3) is 0.231. The van der Waals surface area contributed by atoms with E-state index in [2.05, 4.69) is 10.3 Å². The minimum Gasteiger partial charge on any atom is -0.360 e. The number of fused-ring (bicyclic) bond motifs is 1. The highest BCUT2D eigenvalue weighted by Gasteiger charge is 2.35. The van der Waals surface area contributed by atoms with Gasteiger partial charge in [-0.15, -0.1) is 0 Å². The molecular formula is C13H11ClFN3O2. The molecule has 1 fully saturated rings. The molecule has 0 unspecified atom stereocenters. The van der Waals surface area contributed by atoms with Crippen LogP contribution < -0.4 is 5.32 Å². The minimum atomic E-state index is -0.631. The smallest absolute Gasteiger partial charge is 0.324 e. The summed E-state index contributed by atoms with van der Waals surface area (Å²) in [5.41, 5.74) is 1.35. The Morgan fingerprint density at radius 2 is 2.15 bits per heavy atom. The van der Waals surface area contributed by atoms with E-state index in [1.807, 2.05) is 0 Å². The number of carbonyl (C=O) groups is 2. The molecule has 3 amide bonds. The molecule has 2 N–H and O–H groups in total. The number of halogens is 2. The summed E-state index contributed by atoms with van der Waals surface area (Å²) in [7, 11) is 1.42. The monoisotopic (exact) mass is 295 g/mol. The van der Waals surface area contributed by atoms with Crippen LogP contribution in [-0.4, -0.2) is 34.9 Å². The molecule has 7 heteroatoms. The number of benzene rings is 1. The number of hydrogen-bond donors (Lipinski definition) is 2. The molecule has 0 aliphatic carbocycles. The quantitative estimate of drug-likeness (QED) is 0.833. The van der Waals surface area contributed by atoms with Gasteiger partial charge in [0, 0.05) is 25.1 Å². The highest BCUT2D eigenvalue weighted by Crippen LogP contribution is 2.28. The Balaban J connectivity index is 1.96. The number of carbonyl (C=O) groups excluding carboxylic acids is 2. The maximum atomic E-state index is 13.4. The Labute approximate surface area is 118 Å². The molecular weight excluding hydrogens is 285 g/mol. The highest BCUT2D eigenvalue weighted by molar-refractivity contribution is 6.35. The molecule has 0 saturated carbocycles. The van der Waals surface area contributed by atoms with Gasteiger partial charge in [-0.25, -0.2) is 9.18 Å². The fourth-order valence-electron chi connectivity index (χ4n) is 2.38. The van der Waals surface area contributed by atoms with E-state index < -0.39 is 17.9 Å². The maximum Gasteiger partial charge on any atom is 0.324 e. The number of amides is 3. The van der Waals surface area contributed by atoms with Crippen molar-refractivity contribution in [1.29, 1.82) is 0 Å². The van der Waals surface area contributed by atoms with Crippen LogP contribution in [0.3, 0.4) is 0 Å². The first-order chi connectivity index (χ1) is 9.47. The number of rotatable bonds is 2. The van der Waals surface area contributed by atoms with Crippen molar-refractivity contribution in [3.63, 3.8) is 0 Å². The number of H-pyrrole nitrogens is 1. The van der Waals surface area contributed by atoms with Gasteiger partial charge in [-0.05, 0) is 17.7 Å². The van der Waals surface area contributed by atoms with Gasteiger partial charge in [-0.2, -0.15) is 0 Å². The number of likely N-dealkylation sites (N-methyl/N-ethyl adjacent to an activating group) is 1. The zero-order valence-electron chi connectivity index (χ0n) is 10.5. The van der Waals surface area contributed by atoms with Gasteiger partial charge in [0.05, 0.1) is 10.5 Å². The molecule has 0 radical (unpaired) electrons. The second kappa shape index (κ2) is 4.49. The van der Waals surface area contributed by atoms with E-state index in [1.54, 1.807) is 6.20 Å². The molecule has 2 aromatic rings. The lowest BCUT2D eigenvalue weighted by atomic mass is 10.0. The van der Waals surface area contributed by atoms with Gasteiger partial charge < -0.3 is 10.3 Å². The van der Waals surface area contributed by atoms with E-state index in [-0.39, 0.29) is 17.4 Å². The summed E-state index contributed by atoms with van der Waals surface area (Å²) in [5.74, 6) is -0.742. The van der Waals surface area contributed by atoms with Gasteiger partial charge in [-0.1, -0.05) is 11.6 Å². The van der Waals surface area contributed by atoms with Gasteiger partial charge >= 0.3 is 6.03 Å². The molecule has 0 bridgehead atoms. The standard InChI is InChI=1S/C13H11ClFN3O2/c1-18-12(19)10(17-13(18)20)2-6-5-16-11-8(6)3-7(15)4-9(11)14/h3-5,10,16H,2H2,1H3,(H,17,20)/t10-/m1/s1. The topological polar surface area (TPSA) is 65.2 Å². The van der Waals surface area contributed by atoms with Gasteiger partial charge in [-0.3, -0.25) is 9.69 Å². The van der Waals surface area contributed by atoms with Gasteiger partial charge in [0.25, 0.3) is 5.91 Å². The zero-order chi connectivity index (χ0) is 14.4. The molecule has 1 aromatic carbocycles. The second-order valence-electron chi connectivity index (χ2n) is 4.73. The van der Waals surface area contributed by atoms with Crippen LogP contribution in [0.2, 0.25) is 5.02 Å². The molecule has 3 rings (SSSR count). The Bertz CT molecular complexity index is 728. The van der Waals surface area contributed by atoms with Crippen molar-refractivity contribution in [2.45, 2.75) is 12.5 Å². The maximum absolute atomic E-state index is 13.4. The van der Waals surface area contributed by atoms with E-state index in [0.717, 1.165) is 10.5 Å². The number of aromatic nitrogens is 1. The lowest BCUT2D eigenvalue weighted by Crippen LogP contribution is -2.31. The fourth-order valence-corrected chi connectivity index (χ4v) is 2.64. The van der Waals surface area contributed by atoms with E-state index in [9.17, 15) is 14.0 Å². The van der Waals surface area contributed by atoms with Gasteiger partial charge in [0.15, 0.2) is 0 Å². The molecule has 1 saturated heterocycles. The van der Waals surface area contributed by atoms with Crippen LogP contribution in [0.1, 0.15) is 5.56 Å². The van der Waals surface area contributed by atoms with Gasteiger partial charge in [0.1, 0.15) is 11.9 Å². The minimum absolute atomic E-state index is 0.283.